The van der Waals surface area contributed by atoms with Gasteiger partial charge in [-0.25, -0.2) is 0 Å². The number of hydrogen-bond acceptors (Lipinski definition) is 3. The molecular formula is C19H23NO3. The molecule has 2 rings (SSSR count). The van der Waals surface area contributed by atoms with Crippen molar-refractivity contribution in [3.8, 4) is 11.5 Å². The molecule has 122 valence electrons. The summed E-state index contributed by atoms with van der Waals surface area (Å²) in [6.07, 6.45) is 0.831. The van der Waals surface area contributed by atoms with E-state index in [-0.39, 0.29) is 18.6 Å². The second-order valence-electron chi connectivity index (χ2n) is 5.40. The summed E-state index contributed by atoms with van der Waals surface area (Å²) in [5.41, 5.74) is 2.31. The topological polar surface area (TPSA) is 47.6 Å². The summed E-state index contributed by atoms with van der Waals surface area (Å²) in [6, 6.07) is 15.4. The van der Waals surface area contributed by atoms with E-state index in [4.69, 9.17) is 9.47 Å². The van der Waals surface area contributed by atoms with Crippen molar-refractivity contribution in [1.29, 1.82) is 0 Å². The van der Waals surface area contributed by atoms with Crippen molar-refractivity contribution >= 4 is 5.91 Å². The smallest absolute Gasteiger partial charge is 0.258 e. The Morgan fingerprint density at radius 2 is 1.65 bits per heavy atom. The molecule has 0 heterocycles. The van der Waals surface area contributed by atoms with Crippen LogP contribution in [0.2, 0.25) is 0 Å². The Morgan fingerprint density at radius 3 is 2.22 bits per heavy atom. The number of nitrogens with one attached hydrogen (secondary N) is 1. The molecule has 0 aliphatic rings. The zero-order valence-electron chi connectivity index (χ0n) is 13.8. The van der Waals surface area contributed by atoms with Gasteiger partial charge in [0.15, 0.2) is 6.61 Å². The van der Waals surface area contributed by atoms with Crippen molar-refractivity contribution in [2.45, 2.75) is 26.3 Å². The van der Waals surface area contributed by atoms with Gasteiger partial charge in [0, 0.05) is 0 Å². The summed E-state index contributed by atoms with van der Waals surface area (Å²) >= 11 is 0. The van der Waals surface area contributed by atoms with Crippen LogP contribution in [0.25, 0.3) is 0 Å². The summed E-state index contributed by atoms with van der Waals surface area (Å²) in [6.45, 7) is 4.09. The van der Waals surface area contributed by atoms with Gasteiger partial charge in [0.1, 0.15) is 11.5 Å². The molecule has 0 aliphatic heterocycles. The highest BCUT2D eigenvalue weighted by atomic mass is 16.5. The summed E-state index contributed by atoms with van der Waals surface area (Å²) in [5.74, 6) is 1.27. The van der Waals surface area contributed by atoms with Crippen LogP contribution < -0.4 is 14.8 Å². The van der Waals surface area contributed by atoms with Crippen molar-refractivity contribution in [3.05, 3.63) is 59.7 Å². The fourth-order valence-electron chi connectivity index (χ4n) is 2.28. The van der Waals surface area contributed by atoms with Crippen LogP contribution in [0.5, 0.6) is 11.5 Å². The van der Waals surface area contributed by atoms with Crippen molar-refractivity contribution in [2.75, 3.05) is 13.7 Å². The maximum atomic E-state index is 12.1. The Labute approximate surface area is 137 Å². The van der Waals surface area contributed by atoms with E-state index in [0.29, 0.717) is 5.75 Å². The fraction of sp³-hybridized carbons (Fsp3) is 0.316. The van der Waals surface area contributed by atoms with Crippen LogP contribution in [0, 0.1) is 6.92 Å². The van der Waals surface area contributed by atoms with E-state index < -0.39 is 0 Å². The molecule has 1 atom stereocenters. The molecular weight excluding hydrogens is 290 g/mol. The van der Waals surface area contributed by atoms with Gasteiger partial charge >= 0.3 is 0 Å². The molecule has 2 aromatic carbocycles. The lowest BCUT2D eigenvalue weighted by atomic mass is 10.0. The van der Waals surface area contributed by atoms with Gasteiger partial charge in [0.2, 0.25) is 0 Å². The Balaban J connectivity index is 1.88. The van der Waals surface area contributed by atoms with E-state index in [1.54, 1.807) is 31.4 Å². The van der Waals surface area contributed by atoms with Gasteiger partial charge < -0.3 is 14.8 Å². The van der Waals surface area contributed by atoms with E-state index in [1.807, 2.05) is 19.1 Å². The van der Waals surface area contributed by atoms with Crippen LogP contribution in [-0.4, -0.2) is 19.6 Å². The molecule has 4 nitrogen and oxygen atoms in total. The highest BCUT2D eigenvalue weighted by Crippen LogP contribution is 2.18. The number of aryl methyl sites for hydroxylation is 1. The van der Waals surface area contributed by atoms with Crippen molar-refractivity contribution in [3.63, 3.8) is 0 Å². The first-order chi connectivity index (χ1) is 11.1. The second kappa shape index (κ2) is 8.22. The molecule has 2 aromatic rings. The molecule has 0 radical (unpaired) electrons. The molecule has 1 amide bonds. The predicted octanol–water partition coefficient (Wildman–Crippen LogP) is 3.65. The molecule has 0 saturated carbocycles. The minimum Gasteiger partial charge on any atom is -0.497 e. The lowest BCUT2D eigenvalue weighted by molar-refractivity contribution is -0.123. The number of hydrogen-bond donors (Lipinski definition) is 1. The van der Waals surface area contributed by atoms with Crippen LogP contribution >= 0.6 is 0 Å². The molecule has 0 aliphatic carbocycles. The molecule has 23 heavy (non-hydrogen) atoms. The Morgan fingerprint density at radius 1 is 1.04 bits per heavy atom. The molecule has 0 fully saturated rings. The molecule has 0 unspecified atom stereocenters. The van der Waals surface area contributed by atoms with Gasteiger partial charge in [-0.05, 0) is 43.2 Å². The van der Waals surface area contributed by atoms with E-state index in [9.17, 15) is 4.79 Å². The van der Waals surface area contributed by atoms with Gasteiger partial charge in [-0.3, -0.25) is 4.79 Å². The summed E-state index contributed by atoms with van der Waals surface area (Å²) < 4.78 is 10.6. The normalized spacial score (nSPS) is 11.6. The third-order valence-electron chi connectivity index (χ3n) is 3.65. The third-order valence-corrected chi connectivity index (χ3v) is 3.65. The van der Waals surface area contributed by atoms with Crippen molar-refractivity contribution < 1.29 is 14.3 Å². The number of rotatable bonds is 7. The first kappa shape index (κ1) is 16.9. The summed E-state index contributed by atoms with van der Waals surface area (Å²) in [5, 5.41) is 3.01. The van der Waals surface area contributed by atoms with E-state index in [0.717, 1.165) is 17.7 Å². The standard InChI is InChI=1S/C19H23NO3/c1-4-18(15-7-5-14(2)6-8-15)20-19(21)13-23-17-11-9-16(22-3)10-12-17/h5-12,18H,4,13H2,1-3H3,(H,20,21)/t18-/m0/s1. The van der Waals surface area contributed by atoms with Crippen LogP contribution in [0.15, 0.2) is 48.5 Å². The average molecular weight is 313 g/mol. The average Bonchev–Trinajstić information content (AvgIpc) is 2.59. The Kier molecular flexibility index (Phi) is 6.03. The number of amides is 1. The maximum Gasteiger partial charge on any atom is 0.258 e. The van der Waals surface area contributed by atoms with Gasteiger partial charge in [-0.2, -0.15) is 0 Å². The van der Waals surface area contributed by atoms with Gasteiger partial charge in [-0.15, -0.1) is 0 Å². The van der Waals surface area contributed by atoms with Crippen molar-refractivity contribution in [2.24, 2.45) is 0 Å². The molecule has 4 heteroatoms. The van der Waals surface area contributed by atoms with E-state index >= 15 is 0 Å². The van der Waals surface area contributed by atoms with Crippen LogP contribution in [0.4, 0.5) is 0 Å². The zero-order valence-corrected chi connectivity index (χ0v) is 13.8. The van der Waals surface area contributed by atoms with E-state index in [2.05, 4.69) is 24.4 Å². The number of methoxy groups -OCH3 is 1. The molecule has 0 bridgehead atoms. The van der Waals surface area contributed by atoms with Crippen molar-refractivity contribution in [1.82, 2.24) is 5.32 Å². The van der Waals surface area contributed by atoms with Crippen LogP contribution in [0.1, 0.15) is 30.5 Å². The Hall–Kier alpha value is -2.49. The van der Waals surface area contributed by atoms with Crippen LogP contribution in [-0.2, 0) is 4.79 Å². The van der Waals surface area contributed by atoms with Gasteiger partial charge in [0.05, 0.1) is 13.2 Å². The summed E-state index contributed by atoms with van der Waals surface area (Å²) in [4.78, 5) is 12.1. The highest BCUT2D eigenvalue weighted by molar-refractivity contribution is 5.78. The molecule has 0 saturated heterocycles. The SMILES string of the molecule is CC[C@H](NC(=O)COc1ccc(OC)cc1)c1ccc(C)cc1. The maximum absolute atomic E-state index is 12.1. The molecule has 0 aromatic heterocycles. The number of carbonyl (C=O) groups excluding carboxylic acids is 1. The van der Waals surface area contributed by atoms with Gasteiger partial charge in [0.25, 0.3) is 5.91 Å². The number of carbonyl (C=O) groups is 1. The van der Waals surface area contributed by atoms with Crippen LogP contribution in [0.3, 0.4) is 0 Å². The minimum absolute atomic E-state index is 0.00238. The largest absolute Gasteiger partial charge is 0.497 e. The second-order valence-corrected chi connectivity index (χ2v) is 5.40. The Bertz CT molecular complexity index is 620. The van der Waals surface area contributed by atoms with Gasteiger partial charge in [-0.1, -0.05) is 36.8 Å². The zero-order chi connectivity index (χ0) is 16.7. The number of ether oxygens (including phenoxy) is 2. The third kappa shape index (κ3) is 5.02. The summed E-state index contributed by atoms with van der Waals surface area (Å²) in [7, 11) is 1.61. The van der Waals surface area contributed by atoms with E-state index in [1.165, 1.54) is 5.56 Å². The lowest BCUT2D eigenvalue weighted by Gasteiger charge is -2.18. The fourth-order valence-corrected chi connectivity index (χ4v) is 2.28. The highest BCUT2D eigenvalue weighted by Gasteiger charge is 2.13. The molecule has 0 spiro atoms. The first-order valence-electron chi connectivity index (χ1n) is 7.75. The monoisotopic (exact) mass is 313 g/mol. The first-order valence-corrected chi connectivity index (χ1v) is 7.75. The minimum atomic E-state index is -0.131. The quantitative estimate of drug-likeness (QED) is 0.849. The molecule has 1 N–H and O–H groups in total. The number of benzene rings is 2. The predicted molar refractivity (Wildman–Crippen MR) is 90.8 cm³/mol. The lowest BCUT2D eigenvalue weighted by Crippen LogP contribution is -2.32.